The van der Waals surface area contributed by atoms with E-state index in [1.807, 2.05) is 0 Å². The molecule has 19 heavy (non-hydrogen) atoms. The minimum atomic E-state index is -4.36. The number of benzene rings is 1. The van der Waals surface area contributed by atoms with Crippen LogP contribution < -0.4 is 0 Å². The number of hydrogen-bond acceptors (Lipinski definition) is 1. The second kappa shape index (κ2) is 5.87. The highest BCUT2D eigenvalue weighted by Gasteiger charge is 2.35. The topological polar surface area (TPSA) is 0 Å². The van der Waals surface area contributed by atoms with Gasteiger partial charge >= 0.3 is 6.18 Å². The van der Waals surface area contributed by atoms with Gasteiger partial charge in [0, 0.05) is 0 Å². The van der Waals surface area contributed by atoms with Gasteiger partial charge in [0.2, 0.25) is 0 Å². The lowest BCUT2D eigenvalue weighted by molar-refractivity contribution is -0.138. The third-order valence-corrected chi connectivity index (χ3v) is 5.87. The minimum Gasteiger partial charge on any atom is -0.166 e. The van der Waals surface area contributed by atoms with Crippen LogP contribution >= 0.6 is 59.1 Å². The van der Waals surface area contributed by atoms with Crippen LogP contribution in [-0.4, -0.2) is 0 Å². The zero-order valence-corrected chi connectivity index (χ0v) is 14.7. The van der Waals surface area contributed by atoms with E-state index in [0.29, 0.717) is 0 Å². The molecule has 0 aliphatic carbocycles. The summed E-state index contributed by atoms with van der Waals surface area (Å²) in [6.45, 7) is 0. The first-order chi connectivity index (χ1) is 8.80. The summed E-state index contributed by atoms with van der Waals surface area (Å²) in [4.78, 5) is -0.512. The molecule has 0 nitrogen and oxygen atoms in total. The van der Waals surface area contributed by atoms with Crippen LogP contribution in [0, 0.1) is 0 Å². The molecule has 2 rings (SSSR count). The molecule has 0 spiro atoms. The van der Waals surface area contributed by atoms with Crippen LogP contribution in [0.25, 0.3) is 0 Å². The third-order valence-electron chi connectivity index (χ3n) is 2.50. The van der Waals surface area contributed by atoms with Crippen LogP contribution in [0.1, 0.15) is 21.5 Å². The summed E-state index contributed by atoms with van der Waals surface area (Å²) in [5, 5.41) is 0. The standard InChI is InChI=1S/C12H6Br3F3S/c13-9-5-7(11(15)19-9)10(14)6-3-1-2-4-8(6)12(16,17)18/h1-5,10H. The number of thiophene rings is 1. The molecule has 102 valence electrons. The molecule has 0 saturated heterocycles. The predicted molar refractivity (Wildman–Crippen MR) is 81.9 cm³/mol. The summed E-state index contributed by atoms with van der Waals surface area (Å²) in [6, 6.07) is 7.39. The van der Waals surface area contributed by atoms with Gasteiger partial charge in [-0.15, -0.1) is 11.3 Å². The molecule has 1 unspecified atom stereocenters. The van der Waals surface area contributed by atoms with Crippen molar-refractivity contribution < 1.29 is 13.2 Å². The van der Waals surface area contributed by atoms with Gasteiger partial charge in [-0.2, -0.15) is 13.2 Å². The zero-order chi connectivity index (χ0) is 14.2. The van der Waals surface area contributed by atoms with E-state index in [1.165, 1.54) is 23.5 Å². The van der Waals surface area contributed by atoms with E-state index in [2.05, 4.69) is 47.8 Å². The van der Waals surface area contributed by atoms with Gasteiger partial charge in [-0.05, 0) is 55.1 Å². The Morgan fingerprint density at radius 3 is 2.21 bits per heavy atom. The maximum absolute atomic E-state index is 13.0. The Balaban J connectivity index is 2.50. The summed E-state index contributed by atoms with van der Waals surface area (Å²) < 4.78 is 40.6. The van der Waals surface area contributed by atoms with E-state index >= 15 is 0 Å². The van der Waals surface area contributed by atoms with Crippen LogP contribution in [0.15, 0.2) is 37.9 Å². The van der Waals surface area contributed by atoms with Gasteiger partial charge in [0.05, 0.1) is 18.0 Å². The van der Waals surface area contributed by atoms with Crippen LogP contribution in [-0.2, 0) is 6.18 Å². The Morgan fingerprint density at radius 2 is 1.68 bits per heavy atom. The molecule has 2 aromatic rings. The normalized spacial score (nSPS) is 13.6. The average molecular weight is 479 g/mol. The summed E-state index contributed by atoms with van der Waals surface area (Å²) in [6.07, 6.45) is -4.36. The van der Waals surface area contributed by atoms with Gasteiger partial charge in [-0.1, -0.05) is 34.1 Å². The van der Waals surface area contributed by atoms with Crippen LogP contribution in [0.2, 0.25) is 0 Å². The first-order valence-corrected chi connectivity index (χ1v) is 8.37. The number of rotatable bonds is 2. The Hall–Kier alpha value is 0.150. The lowest BCUT2D eigenvalue weighted by Gasteiger charge is -2.16. The van der Waals surface area contributed by atoms with Crippen molar-refractivity contribution in [1.29, 1.82) is 0 Å². The van der Waals surface area contributed by atoms with Crippen molar-refractivity contribution in [2.75, 3.05) is 0 Å². The summed E-state index contributed by atoms with van der Waals surface area (Å²) >= 11 is 11.5. The molecule has 1 heterocycles. The van der Waals surface area contributed by atoms with Gasteiger partial charge < -0.3 is 0 Å². The molecule has 0 aliphatic rings. The minimum absolute atomic E-state index is 0.209. The Morgan fingerprint density at radius 1 is 1.05 bits per heavy atom. The number of alkyl halides is 4. The monoisotopic (exact) mass is 476 g/mol. The van der Waals surface area contributed by atoms with Crippen molar-refractivity contribution in [3.05, 3.63) is 54.6 Å². The van der Waals surface area contributed by atoms with E-state index in [9.17, 15) is 13.2 Å². The maximum atomic E-state index is 13.0. The van der Waals surface area contributed by atoms with Gasteiger partial charge in [-0.3, -0.25) is 0 Å². The zero-order valence-electron chi connectivity index (χ0n) is 9.14. The second-order valence-electron chi connectivity index (χ2n) is 3.73. The van der Waals surface area contributed by atoms with Gasteiger partial charge in [0.25, 0.3) is 0 Å². The molecule has 1 aromatic heterocycles. The van der Waals surface area contributed by atoms with Crippen LogP contribution in [0.4, 0.5) is 13.2 Å². The van der Waals surface area contributed by atoms with Gasteiger partial charge in [-0.25, -0.2) is 0 Å². The van der Waals surface area contributed by atoms with Gasteiger partial charge in [0.1, 0.15) is 0 Å². The first-order valence-electron chi connectivity index (χ1n) is 5.05. The molecule has 0 bridgehead atoms. The second-order valence-corrected chi connectivity index (χ2v) is 8.39. The Labute approximate surface area is 137 Å². The fourth-order valence-corrected chi connectivity index (χ4v) is 5.79. The number of hydrogen-bond donors (Lipinski definition) is 0. The highest BCUT2D eigenvalue weighted by molar-refractivity contribution is 9.12. The van der Waals surface area contributed by atoms with Gasteiger partial charge in [0.15, 0.2) is 0 Å². The third kappa shape index (κ3) is 3.43. The highest BCUT2D eigenvalue weighted by Crippen LogP contribution is 2.45. The molecule has 0 aliphatic heterocycles. The summed E-state index contributed by atoms with van der Waals surface area (Å²) in [5.74, 6) is 0. The SMILES string of the molecule is FC(F)(F)c1ccccc1C(Br)c1cc(Br)sc1Br. The molecular weight excluding hydrogens is 473 g/mol. The largest absolute Gasteiger partial charge is 0.416 e. The first kappa shape index (κ1) is 15.5. The fraction of sp³-hybridized carbons (Fsp3) is 0.167. The highest BCUT2D eigenvalue weighted by atomic mass is 79.9. The quantitative estimate of drug-likeness (QED) is 0.417. The van der Waals surface area contributed by atoms with Crippen molar-refractivity contribution in [3.63, 3.8) is 0 Å². The van der Waals surface area contributed by atoms with E-state index < -0.39 is 16.6 Å². The van der Waals surface area contributed by atoms with Crippen LogP contribution in [0.3, 0.4) is 0 Å². The lowest BCUT2D eigenvalue weighted by atomic mass is 10.0. The lowest BCUT2D eigenvalue weighted by Crippen LogP contribution is -2.10. The average Bonchev–Trinajstić information content (AvgIpc) is 2.66. The van der Waals surface area contributed by atoms with Crippen molar-refractivity contribution in [2.45, 2.75) is 11.0 Å². The van der Waals surface area contributed by atoms with E-state index in [4.69, 9.17) is 0 Å². The predicted octanol–water partition coefficient (Wildman–Crippen LogP) is 6.78. The number of halogens is 6. The van der Waals surface area contributed by atoms with Crippen molar-refractivity contribution >= 4 is 59.1 Å². The van der Waals surface area contributed by atoms with E-state index in [0.717, 1.165) is 19.2 Å². The van der Waals surface area contributed by atoms with Crippen molar-refractivity contribution in [2.24, 2.45) is 0 Å². The Bertz CT molecular complexity index is 592. The molecule has 0 amide bonds. The summed E-state index contributed by atoms with van der Waals surface area (Å²) in [7, 11) is 0. The van der Waals surface area contributed by atoms with Crippen molar-refractivity contribution in [3.8, 4) is 0 Å². The fourth-order valence-electron chi connectivity index (χ4n) is 1.67. The summed E-state index contributed by atoms with van der Waals surface area (Å²) in [5.41, 5.74) is 0.362. The van der Waals surface area contributed by atoms with E-state index in [1.54, 1.807) is 12.1 Å². The Kier molecular flexibility index (Phi) is 4.80. The molecule has 0 saturated carbocycles. The molecule has 1 atom stereocenters. The molecule has 0 N–H and O–H groups in total. The molecule has 7 heteroatoms. The van der Waals surface area contributed by atoms with Crippen molar-refractivity contribution in [1.82, 2.24) is 0 Å². The molecule has 1 aromatic carbocycles. The van der Waals surface area contributed by atoms with Crippen LogP contribution in [0.5, 0.6) is 0 Å². The molecule has 0 radical (unpaired) electrons. The maximum Gasteiger partial charge on any atom is 0.416 e. The molecular formula is C12H6Br3F3S. The molecule has 0 fully saturated rings. The van der Waals surface area contributed by atoms with E-state index in [-0.39, 0.29) is 5.56 Å². The smallest absolute Gasteiger partial charge is 0.166 e.